The van der Waals surface area contributed by atoms with E-state index in [0.29, 0.717) is 24.2 Å². The molecule has 3 rings (SSSR count). The number of rotatable bonds is 6. The SMILES string of the molecule is N=C(C(N)=O)c1cc(C#Cc2ncc(F)cn2)ccc1NCC(=O)N1CCCC1C=O. The van der Waals surface area contributed by atoms with Crippen molar-refractivity contribution in [2.24, 2.45) is 5.73 Å². The molecule has 158 valence electrons. The van der Waals surface area contributed by atoms with Crippen LogP contribution in [-0.4, -0.2) is 57.8 Å². The number of likely N-dealkylation sites (tertiary alicyclic amines) is 1. The number of nitrogens with zero attached hydrogens (tertiary/aromatic N) is 3. The lowest BCUT2D eigenvalue weighted by molar-refractivity contribution is -0.132. The molecule has 2 amide bonds. The minimum Gasteiger partial charge on any atom is -0.376 e. The van der Waals surface area contributed by atoms with Crippen molar-refractivity contribution in [3.8, 4) is 11.8 Å². The molecular weight excluding hydrogens is 403 g/mol. The second kappa shape index (κ2) is 9.58. The number of aldehydes is 1. The first-order valence-corrected chi connectivity index (χ1v) is 9.40. The number of nitrogens with one attached hydrogen (secondary N) is 2. The van der Waals surface area contributed by atoms with E-state index in [1.807, 2.05) is 0 Å². The molecule has 1 unspecified atom stereocenters. The second-order valence-corrected chi connectivity index (χ2v) is 6.76. The number of aromatic nitrogens is 2. The third kappa shape index (κ3) is 5.27. The molecule has 1 aliphatic rings. The van der Waals surface area contributed by atoms with E-state index < -0.39 is 23.5 Å². The lowest BCUT2D eigenvalue weighted by Crippen LogP contribution is -2.40. The lowest BCUT2D eigenvalue weighted by atomic mass is 10.0. The first-order valence-electron chi connectivity index (χ1n) is 9.40. The molecule has 0 spiro atoms. The molecule has 0 saturated carbocycles. The number of anilines is 1. The van der Waals surface area contributed by atoms with Gasteiger partial charge in [0.25, 0.3) is 5.91 Å². The van der Waals surface area contributed by atoms with Crippen LogP contribution in [0.5, 0.6) is 0 Å². The van der Waals surface area contributed by atoms with Crippen LogP contribution in [0.1, 0.15) is 29.8 Å². The summed E-state index contributed by atoms with van der Waals surface area (Å²) in [5.41, 5.74) is 5.76. The summed E-state index contributed by atoms with van der Waals surface area (Å²) in [6, 6.07) is 4.23. The highest BCUT2D eigenvalue weighted by molar-refractivity contribution is 6.44. The van der Waals surface area contributed by atoms with Gasteiger partial charge in [0.15, 0.2) is 5.82 Å². The van der Waals surface area contributed by atoms with Crippen LogP contribution in [0.4, 0.5) is 10.1 Å². The number of hydrogen-bond acceptors (Lipinski definition) is 7. The van der Waals surface area contributed by atoms with Crippen molar-refractivity contribution in [2.45, 2.75) is 18.9 Å². The van der Waals surface area contributed by atoms with Gasteiger partial charge in [-0.2, -0.15) is 0 Å². The van der Waals surface area contributed by atoms with Crippen molar-refractivity contribution in [2.75, 3.05) is 18.4 Å². The summed E-state index contributed by atoms with van der Waals surface area (Å²) in [7, 11) is 0. The van der Waals surface area contributed by atoms with Gasteiger partial charge in [-0.25, -0.2) is 14.4 Å². The Morgan fingerprint density at radius 2 is 2.06 bits per heavy atom. The van der Waals surface area contributed by atoms with E-state index >= 15 is 0 Å². The zero-order valence-corrected chi connectivity index (χ0v) is 16.4. The Morgan fingerprint density at radius 3 is 2.74 bits per heavy atom. The van der Waals surface area contributed by atoms with Crippen molar-refractivity contribution >= 4 is 29.5 Å². The maximum Gasteiger partial charge on any atom is 0.267 e. The molecule has 2 aromatic rings. The standard InChI is InChI=1S/C21H19FN6O3/c22-14-9-26-18(27-10-14)6-4-13-3-5-17(16(8-13)20(23)21(24)31)25-11-19(30)28-7-1-2-15(28)12-29/h3,5,8-10,12,15,23,25H,1-2,7,11H2,(H2,24,31). The molecule has 1 aliphatic heterocycles. The fraction of sp³-hybridized carbons (Fsp3) is 0.238. The molecule has 9 nitrogen and oxygen atoms in total. The van der Waals surface area contributed by atoms with Gasteiger partial charge in [-0.1, -0.05) is 5.92 Å². The number of hydrogen-bond donors (Lipinski definition) is 3. The lowest BCUT2D eigenvalue weighted by Gasteiger charge is -2.21. The topological polar surface area (TPSA) is 142 Å². The Hall–Kier alpha value is -4.13. The molecule has 2 heterocycles. The summed E-state index contributed by atoms with van der Waals surface area (Å²) in [5.74, 6) is 3.76. The molecular formula is C21H19FN6O3. The van der Waals surface area contributed by atoms with Gasteiger partial charge in [0.2, 0.25) is 11.7 Å². The van der Waals surface area contributed by atoms with E-state index in [2.05, 4.69) is 27.1 Å². The fourth-order valence-electron chi connectivity index (χ4n) is 3.14. The van der Waals surface area contributed by atoms with Crippen LogP contribution in [0.15, 0.2) is 30.6 Å². The van der Waals surface area contributed by atoms with E-state index in [1.165, 1.54) is 11.0 Å². The predicted molar refractivity (Wildman–Crippen MR) is 110 cm³/mol. The Bertz CT molecular complexity index is 1090. The number of carbonyl (C=O) groups is 3. The van der Waals surface area contributed by atoms with Gasteiger partial charge in [-0.15, -0.1) is 0 Å². The van der Waals surface area contributed by atoms with Crippen LogP contribution >= 0.6 is 0 Å². The number of amides is 2. The Morgan fingerprint density at radius 1 is 1.32 bits per heavy atom. The van der Waals surface area contributed by atoms with Gasteiger partial charge in [0, 0.05) is 23.4 Å². The van der Waals surface area contributed by atoms with E-state index in [0.717, 1.165) is 25.1 Å². The minimum absolute atomic E-state index is 0.107. The zero-order valence-electron chi connectivity index (χ0n) is 16.4. The molecule has 1 fully saturated rings. The van der Waals surface area contributed by atoms with Gasteiger partial charge in [-0.3, -0.25) is 15.0 Å². The molecule has 0 bridgehead atoms. The van der Waals surface area contributed by atoms with E-state index in [9.17, 15) is 18.8 Å². The molecule has 1 aromatic carbocycles. The predicted octanol–water partition coefficient (Wildman–Crippen LogP) is 0.470. The molecule has 10 heteroatoms. The van der Waals surface area contributed by atoms with Gasteiger partial charge >= 0.3 is 0 Å². The highest BCUT2D eigenvalue weighted by Crippen LogP contribution is 2.20. The number of primary amides is 1. The highest BCUT2D eigenvalue weighted by atomic mass is 19.1. The Balaban J connectivity index is 1.80. The summed E-state index contributed by atoms with van der Waals surface area (Å²) in [6.45, 7) is 0.395. The van der Waals surface area contributed by atoms with Crippen LogP contribution in [0.25, 0.3) is 0 Å². The summed E-state index contributed by atoms with van der Waals surface area (Å²) in [5, 5.41) is 10.9. The molecule has 4 N–H and O–H groups in total. The van der Waals surface area contributed by atoms with E-state index in [1.54, 1.807) is 12.1 Å². The normalized spacial score (nSPS) is 15.0. The quantitative estimate of drug-likeness (QED) is 0.351. The average Bonchev–Trinajstić information content (AvgIpc) is 3.26. The van der Waals surface area contributed by atoms with E-state index in [4.69, 9.17) is 11.1 Å². The molecule has 1 saturated heterocycles. The minimum atomic E-state index is -0.943. The van der Waals surface area contributed by atoms with Gasteiger partial charge < -0.3 is 20.7 Å². The summed E-state index contributed by atoms with van der Waals surface area (Å²) in [6.07, 6.45) is 4.14. The molecule has 1 atom stereocenters. The average molecular weight is 422 g/mol. The number of benzene rings is 1. The van der Waals surface area contributed by atoms with Crippen LogP contribution in [0.2, 0.25) is 0 Å². The van der Waals surface area contributed by atoms with E-state index in [-0.39, 0.29) is 23.8 Å². The monoisotopic (exact) mass is 422 g/mol. The Kier molecular flexibility index (Phi) is 6.67. The van der Waals surface area contributed by atoms with Crippen molar-refractivity contribution in [1.29, 1.82) is 5.41 Å². The maximum absolute atomic E-state index is 12.9. The van der Waals surface area contributed by atoms with Gasteiger partial charge in [0.1, 0.15) is 12.0 Å². The van der Waals surface area contributed by atoms with Crippen LogP contribution in [0.3, 0.4) is 0 Å². The molecule has 0 radical (unpaired) electrons. The number of carbonyl (C=O) groups excluding carboxylic acids is 3. The smallest absolute Gasteiger partial charge is 0.267 e. The van der Waals surface area contributed by atoms with Crippen molar-refractivity contribution < 1.29 is 18.8 Å². The molecule has 0 aliphatic carbocycles. The van der Waals surface area contributed by atoms with Crippen molar-refractivity contribution in [3.05, 3.63) is 53.4 Å². The van der Waals surface area contributed by atoms with Gasteiger partial charge in [0.05, 0.1) is 25.0 Å². The zero-order chi connectivity index (χ0) is 22.4. The third-order valence-corrected chi connectivity index (χ3v) is 4.68. The summed E-state index contributed by atoms with van der Waals surface area (Å²) in [4.78, 5) is 44.1. The van der Waals surface area contributed by atoms with Gasteiger partial charge in [-0.05, 0) is 37.0 Å². The summed E-state index contributed by atoms with van der Waals surface area (Å²) < 4.78 is 12.9. The fourth-order valence-corrected chi connectivity index (χ4v) is 3.14. The largest absolute Gasteiger partial charge is 0.376 e. The Labute approximate surface area is 177 Å². The first-order chi connectivity index (χ1) is 14.9. The third-order valence-electron chi connectivity index (χ3n) is 4.68. The van der Waals surface area contributed by atoms with Crippen LogP contribution < -0.4 is 11.1 Å². The number of halogens is 1. The maximum atomic E-state index is 12.9. The van der Waals surface area contributed by atoms with Crippen LogP contribution in [-0.2, 0) is 14.4 Å². The molecule has 1 aromatic heterocycles. The summed E-state index contributed by atoms with van der Waals surface area (Å²) >= 11 is 0. The van der Waals surface area contributed by atoms with Crippen LogP contribution in [0, 0.1) is 23.1 Å². The first kappa shape index (κ1) is 21.6. The second-order valence-electron chi connectivity index (χ2n) is 6.76. The van der Waals surface area contributed by atoms with Crippen molar-refractivity contribution in [1.82, 2.24) is 14.9 Å². The van der Waals surface area contributed by atoms with Crippen molar-refractivity contribution in [3.63, 3.8) is 0 Å². The highest BCUT2D eigenvalue weighted by Gasteiger charge is 2.28. The number of nitrogens with two attached hydrogens (primary N) is 1. The molecule has 31 heavy (non-hydrogen) atoms.